The van der Waals surface area contributed by atoms with E-state index in [0.717, 1.165) is 20.2 Å². The number of hydrogen-bond acceptors (Lipinski definition) is 2. The minimum Gasteiger partial charge on any atom is -0.496 e. The molecule has 4 heteroatoms. The summed E-state index contributed by atoms with van der Waals surface area (Å²) in [4.78, 5) is 4.22. The smallest absolute Gasteiger partial charge is 0.134 e. The first kappa shape index (κ1) is 9.98. The van der Waals surface area contributed by atoms with E-state index in [0.29, 0.717) is 5.02 Å². The zero-order valence-corrected chi connectivity index (χ0v) is 10.3. The number of methoxy groups -OCH3 is 1. The van der Waals surface area contributed by atoms with Crippen molar-refractivity contribution in [2.75, 3.05) is 7.11 Å². The lowest BCUT2D eigenvalue weighted by atomic mass is 10.2. The summed E-state index contributed by atoms with van der Waals surface area (Å²) in [6, 6.07) is 5.81. The minimum atomic E-state index is 0.651. The van der Waals surface area contributed by atoms with Crippen molar-refractivity contribution in [1.29, 1.82) is 0 Å². The molecule has 0 N–H and O–H groups in total. The molecular weight excluding hydrogens is 312 g/mol. The molecule has 0 radical (unpaired) electrons. The molecule has 0 atom stereocenters. The summed E-state index contributed by atoms with van der Waals surface area (Å²) < 4.78 is 6.26. The quantitative estimate of drug-likeness (QED) is 0.751. The minimum absolute atomic E-state index is 0.651. The molecule has 72 valence electrons. The molecule has 0 saturated heterocycles. The van der Waals surface area contributed by atoms with Crippen LogP contribution in [-0.4, -0.2) is 12.1 Å². The number of aromatic nitrogens is 1. The molecule has 0 aliphatic rings. The van der Waals surface area contributed by atoms with Crippen LogP contribution in [-0.2, 0) is 0 Å². The van der Waals surface area contributed by atoms with E-state index < -0.39 is 0 Å². The Balaban J connectivity index is 2.73. The van der Waals surface area contributed by atoms with E-state index in [-0.39, 0.29) is 0 Å². The van der Waals surface area contributed by atoms with E-state index in [1.807, 2.05) is 18.2 Å². The van der Waals surface area contributed by atoms with Crippen LogP contribution in [0.1, 0.15) is 0 Å². The second-order valence-corrected chi connectivity index (χ2v) is 4.43. The number of hydrogen-bond donors (Lipinski definition) is 0. The van der Waals surface area contributed by atoms with Crippen molar-refractivity contribution in [3.63, 3.8) is 0 Å². The summed E-state index contributed by atoms with van der Waals surface area (Å²) in [6.45, 7) is 0. The summed E-state index contributed by atoms with van der Waals surface area (Å²) >= 11 is 8.07. The Hall–Kier alpha value is -0.550. The van der Waals surface area contributed by atoms with Gasteiger partial charge in [-0.1, -0.05) is 11.6 Å². The molecule has 14 heavy (non-hydrogen) atoms. The molecule has 2 nitrogen and oxygen atoms in total. The van der Waals surface area contributed by atoms with Crippen LogP contribution < -0.4 is 4.74 Å². The fourth-order valence-corrected chi connectivity index (χ4v) is 2.14. The fourth-order valence-electron chi connectivity index (χ4n) is 1.26. The third-order valence-corrected chi connectivity index (χ3v) is 2.97. The third-order valence-electron chi connectivity index (χ3n) is 1.92. The molecule has 1 aromatic carbocycles. The number of nitrogens with zero attached hydrogens (tertiary/aromatic N) is 1. The van der Waals surface area contributed by atoms with Crippen LogP contribution in [0.5, 0.6) is 5.75 Å². The Bertz CT molecular complexity index is 487. The van der Waals surface area contributed by atoms with Gasteiger partial charge in [-0.05, 0) is 34.7 Å². The lowest BCUT2D eigenvalue weighted by Crippen LogP contribution is -1.88. The molecule has 2 rings (SSSR count). The Labute approximate surface area is 100 Å². The average molecular weight is 320 g/mol. The standard InChI is InChI=1S/C10H7ClINO/c1-14-10-4-9-6(3-8(10)12)2-7(11)5-13-9/h2-5H,1H3. The maximum atomic E-state index is 5.85. The molecule has 0 saturated carbocycles. The van der Waals surface area contributed by atoms with Crippen molar-refractivity contribution in [2.45, 2.75) is 0 Å². The number of halogens is 2. The van der Waals surface area contributed by atoms with E-state index in [9.17, 15) is 0 Å². The molecule has 2 aromatic rings. The van der Waals surface area contributed by atoms with Crippen LogP contribution >= 0.6 is 34.2 Å². The first-order valence-corrected chi connectivity index (χ1v) is 5.45. The fraction of sp³-hybridized carbons (Fsp3) is 0.100. The molecule has 0 aliphatic heterocycles. The first-order valence-electron chi connectivity index (χ1n) is 3.99. The van der Waals surface area contributed by atoms with Gasteiger partial charge in [0, 0.05) is 17.6 Å². The Kier molecular flexibility index (Phi) is 2.78. The summed E-state index contributed by atoms with van der Waals surface area (Å²) in [5, 5.41) is 1.68. The zero-order chi connectivity index (χ0) is 10.1. The molecule has 1 aromatic heterocycles. The van der Waals surface area contributed by atoms with E-state index in [4.69, 9.17) is 16.3 Å². The van der Waals surface area contributed by atoms with Gasteiger partial charge in [-0.15, -0.1) is 0 Å². The molecule has 1 heterocycles. The van der Waals surface area contributed by atoms with Crippen molar-refractivity contribution < 1.29 is 4.74 Å². The van der Waals surface area contributed by atoms with Gasteiger partial charge in [-0.3, -0.25) is 4.98 Å². The van der Waals surface area contributed by atoms with Gasteiger partial charge in [0.25, 0.3) is 0 Å². The Morgan fingerprint density at radius 2 is 2.14 bits per heavy atom. The van der Waals surface area contributed by atoms with Gasteiger partial charge < -0.3 is 4.74 Å². The summed E-state index contributed by atoms with van der Waals surface area (Å²) in [6.07, 6.45) is 1.64. The van der Waals surface area contributed by atoms with Gasteiger partial charge in [-0.2, -0.15) is 0 Å². The van der Waals surface area contributed by atoms with Crippen LogP contribution in [0.15, 0.2) is 24.4 Å². The highest BCUT2D eigenvalue weighted by Crippen LogP contribution is 2.27. The highest BCUT2D eigenvalue weighted by atomic mass is 127. The maximum absolute atomic E-state index is 5.85. The Morgan fingerprint density at radius 1 is 1.36 bits per heavy atom. The van der Waals surface area contributed by atoms with Crippen molar-refractivity contribution in [3.05, 3.63) is 33.0 Å². The highest BCUT2D eigenvalue weighted by molar-refractivity contribution is 14.1. The second-order valence-electron chi connectivity index (χ2n) is 2.83. The molecule has 0 spiro atoms. The molecular formula is C10H7ClINO. The van der Waals surface area contributed by atoms with Crippen molar-refractivity contribution in [1.82, 2.24) is 4.98 Å². The molecule has 0 amide bonds. The maximum Gasteiger partial charge on any atom is 0.134 e. The van der Waals surface area contributed by atoms with Gasteiger partial charge in [0.15, 0.2) is 0 Å². The predicted molar refractivity (Wildman–Crippen MR) is 66.0 cm³/mol. The van der Waals surface area contributed by atoms with Crippen LogP contribution in [0.3, 0.4) is 0 Å². The number of pyridine rings is 1. The summed E-state index contributed by atoms with van der Waals surface area (Å²) in [5.74, 6) is 0.841. The second kappa shape index (κ2) is 3.90. The van der Waals surface area contributed by atoms with Crippen LogP contribution in [0.4, 0.5) is 0 Å². The van der Waals surface area contributed by atoms with Crippen LogP contribution in [0, 0.1) is 3.57 Å². The van der Waals surface area contributed by atoms with E-state index in [1.165, 1.54) is 0 Å². The zero-order valence-electron chi connectivity index (χ0n) is 7.42. The SMILES string of the molecule is COc1cc2ncc(Cl)cc2cc1I. The predicted octanol–water partition coefficient (Wildman–Crippen LogP) is 3.50. The van der Waals surface area contributed by atoms with Gasteiger partial charge >= 0.3 is 0 Å². The number of benzene rings is 1. The first-order chi connectivity index (χ1) is 6.70. The van der Waals surface area contributed by atoms with Crippen LogP contribution in [0.2, 0.25) is 5.02 Å². The summed E-state index contributed by atoms with van der Waals surface area (Å²) in [7, 11) is 1.65. The van der Waals surface area contributed by atoms with Gasteiger partial charge in [0.1, 0.15) is 5.75 Å². The monoisotopic (exact) mass is 319 g/mol. The van der Waals surface area contributed by atoms with Crippen molar-refractivity contribution in [3.8, 4) is 5.75 Å². The molecule has 0 unspecified atom stereocenters. The molecule has 0 bridgehead atoms. The van der Waals surface area contributed by atoms with Gasteiger partial charge in [0.2, 0.25) is 0 Å². The van der Waals surface area contributed by atoms with E-state index in [1.54, 1.807) is 13.3 Å². The van der Waals surface area contributed by atoms with Crippen molar-refractivity contribution in [2.24, 2.45) is 0 Å². The highest BCUT2D eigenvalue weighted by Gasteiger charge is 2.03. The molecule has 0 aliphatic carbocycles. The third kappa shape index (κ3) is 1.79. The summed E-state index contributed by atoms with van der Waals surface area (Å²) in [5.41, 5.74) is 0.895. The average Bonchev–Trinajstić information content (AvgIpc) is 2.16. The number of fused-ring (bicyclic) bond motifs is 1. The van der Waals surface area contributed by atoms with Crippen LogP contribution in [0.25, 0.3) is 10.9 Å². The lowest BCUT2D eigenvalue weighted by molar-refractivity contribution is 0.412. The largest absolute Gasteiger partial charge is 0.496 e. The molecule has 0 fully saturated rings. The van der Waals surface area contributed by atoms with Gasteiger partial charge in [0.05, 0.1) is 21.2 Å². The lowest BCUT2D eigenvalue weighted by Gasteiger charge is -2.04. The normalized spacial score (nSPS) is 10.5. The van der Waals surface area contributed by atoms with E-state index >= 15 is 0 Å². The Morgan fingerprint density at radius 3 is 2.86 bits per heavy atom. The number of rotatable bonds is 1. The van der Waals surface area contributed by atoms with E-state index in [2.05, 4.69) is 27.6 Å². The van der Waals surface area contributed by atoms with Crippen molar-refractivity contribution >= 4 is 45.1 Å². The van der Waals surface area contributed by atoms with Gasteiger partial charge in [-0.25, -0.2) is 0 Å². The topological polar surface area (TPSA) is 22.1 Å². The number of ether oxygens (including phenoxy) is 1.